The Morgan fingerprint density at radius 3 is 2.59 bits per heavy atom. The molecule has 2 aromatic rings. The molecule has 2 heterocycles. The van der Waals surface area contributed by atoms with Crippen molar-refractivity contribution in [1.82, 2.24) is 15.3 Å². The third-order valence-electron chi connectivity index (χ3n) is 5.42. The summed E-state index contributed by atoms with van der Waals surface area (Å²) < 4.78 is 40.1. The van der Waals surface area contributed by atoms with Gasteiger partial charge in [-0.3, -0.25) is 14.8 Å². The fraction of sp³-hybridized carbons (Fsp3) is 0.450. The average molecular weight is 405 g/mol. The zero-order valence-corrected chi connectivity index (χ0v) is 15.7. The maximum absolute atomic E-state index is 13.4. The number of rotatable bonds is 4. The van der Waals surface area contributed by atoms with Crippen LogP contribution in [0.2, 0.25) is 0 Å². The zero-order chi connectivity index (χ0) is 20.8. The Morgan fingerprint density at radius 1 is 1.24 bits per heavy atom. The van der Waals surface area contributed by atoms with Crippen molar-refractivity contribution < 1.29 is 18.0 Å². The number of carbonyl (C=O) groups is 1. The molecule has 6 nitrogen and oxygen atoms in total. The number of aromatic nitrogens is 2. The maximum atomic E-state index is 13.4. The van der Waals surface area contributed by atoms with Gasteiger partial charge in [0, 0.05) is 25.5 Å². The number of amides is 1. The first-order valence-electron chi connectivity index (χ1n) is 9.52. The van der Waals surface area contributed by atoms with E-state index in [-0.39, 0.29) is 28.9 Å². The van der Waals surface area contributed by atoms with Crippen LogP contribution in [0.1, 0.15) is 24.8 Å². The fourth-order valence-corrected chi connectivity index (χ4v) is 3.85. The lowest BCUT2D eigenvalue weighted by atomic mass is 9.99. The van der Waals surface area contributed by atoms with Crippen LogP contribution < -0.4 is 16.0 Å². The molecule has 1 aromatic carbocycles. The molecular weight excluding hydrogens is 383 g/mol. The van der Waals surface area contributed by atoms with Gasteiger partial charge in [0.05, 0.1) is 23.3 Å². The van der Waals surface area contributed by atoms with Crippen molar-refractivity contribution in [2.24, 2.45) is 11.7 Å². The third kappa shape index (κ3) is 4.05. The molecule has 0 spiro atoms. The summed E-state index contributed by atoms with van der Waals surface area (Å²) in [6, 6.07) is 1.70. The summed E-state index contributed by atoms with van der Waals surface area (Å²) in [4.78, 5) is 22.3. The molecule has 0 bridgehead atoms. The predicted molar refractivity (Wildman–Crippen MR) is 103 cm³/mol. The monoisotopic (exact) mass is 405 g/mol. The molecule has 1 saturated heterocycles. The van der Waals surface area contributed by atoms with Crippen molar-refractivity contribution >= 4 is 22.6 Å². The van der Waals surface area contributed by atoms with Crippen LogP contribution in [0.25, 0.3) is 11.0 Å². The van der Waals surface area contributed by atoms with E-state index in [9.17, 15) is 18.0 Å². The van der Waals surface area contributed by atoms with E-state index in [0.717, 1.165) is 24.5 Å². The van der Waals surface area contributed by atoms with E-state index in [0.29, 0.717) is 25.2 Å². The van der Waals surface area contributed by atoms with Gasteiger partial charge in [0.25, 0.3) is 0 Å². The second-order valence-electron chi connectivity index (χ2n) is 7.79. The molecule has 154 valence electrons. The topological polar surface area (TPSA) is 84.1 Å². The highest BCUT2D eigenvalue weighted by atomic mass is 19.4. The van der Waals surface area contributed by atoms with E-state index in [1.165, 1.54) is 18.5 Å². The lowest BCUT2D eigenvalue weighted by molar-refractivity contribution is -0.136. The van der Waals surface area contributed by atoms with Crippen LogP contribution in [-0.2, 0) is 11.0 Å². The third-order valence-corrected chi connectivity index (χ3v) is 5.42. The SMILES string of the molecule is C=C1C[C@@H](NC(=O)C(N)C2CC2)CN(c2ccc(C(F)(F)F)c3nccnc23)C1. The fourth-order valence-electron chi connectivity index (χ4n) is 3.85. The Bertz CT molecular complexity index is 957. The number of piperidine rings is 1. The number of nitrogens with one attached hydrogen (secondary N) is 1. The van der Waals surface area contributed by atoms with Crippen molar-refractivity contribution in [3.63, 3.8) is 0 Å². The second kappa shape index (κ2) is 7.29. The van der Waals surface area contributed by atoms with E-state index in [2.05, 4.69) is 21.9 Å². The minimum Gasteiger partial charge on any atom is -0.364 e. The van der Waals surface area contributed by atoms with Gasteiger partial charge in [-0.2, -0.15) is 13.2 Å². The van der Waals surface area contributed by atoms with E-state index >= 15 is 0 Å². The Hall–Kier alpha value is -2.68. The molecular formula is C20H22F3N5O. The smallest absolute Gasteiger partial charge is 0.364 e. The molecule has 1 saturated carbocycles. The van der Waals surface area contributed by atoms with Crippen LogP contribution in [0.5, 0.6) is 0 Å². The van der Waals surface area contributed by atoms with Gasteiger partial charge < -0.3 is 16.0 Å². The van der Waals surface area contributed by atoms with Crippen LogP contribution in [-0.4, -0.2) is 41.0 Å². The predicted octanol–water partition coefficient (Wildman–Crippen LogP) is 2.64. The number of nitrogens with two attached hydrogens (primary N) is 1. The molecule has 9 heteroatoms. The highest BCUT2D eigenvalue weighted by Gasteiger charge is 2.36. The minimum absolute atomic E-state index is 0.178. The van der Waals surface area contributed by atoms with Gasteiger partial charge in [0.2, 0.25) is 5.91 Å². The average Bonchev–Trinajstić information content (AvgIpc) is 3.50. The molecule has 1 aromatic heterocycles. The highest BCUT2D eigenvalue weighted by molar-refractivity contribution is 5.91. The normalized spacial score (nSPS) is 21.3. The van der Waals surface area contributed by atoms with Gasteiger partial charge in [-0.1, -0.05) is 12.2 Å². The number of nitrogens with zero attached hydrogens (tertiary/aromatic N) is 3. The van der Waals surface area contributed by atoms with Crippen LogP contribution >= 0.6 is 0 Å². The number of hydrogen-bond acceptors (Lipinski definition) is 5. The second-order valence-corrected chi connectivity index (χ2v) is 7.79. The maximum Gasteiger partial charge on any atom is 0.418 e. The summed E-state index contributed by atoms with van der Waals surface area (Å²) in [5.41, 5.74) is 6.56. The van der Waals surface area contributed by atoms with Crippen molar-refractivity contribution in [3.8, 4) is 0 Å². The number of anilines is 1. The molecule has 1 amide bonds. The molecule has 2 aliphatic rings. The first kappa shape index (κ1) is 19.6. The zero-order valence-electron chi connectivity index (χ0n) is 15.7. The number of benzene rings is 1. The lowest BCUT2D eigenvalue weighted by Crippen LogP contribution is -2.53. The molecule has 1 unspecified atom stereocenters. The van der Waals surface area contributed by atoms with E-state index in [1.807, 2.05) is 4.90 Å². The summed E-state index contributed by atoms with van der Waals surface area (Å²) in [5, 5.41) is 2.97. The number of alkyl halides is 3. The van der Waals surface area contributed by atoms with Gasteiger partial charge >= 0.3 is 6.18 Å². The van der Waals surface area contributed by atoms with E-state index < -0.39 is 17.8 Å². The van der Waals surface area contributed by atoms with Gasteiger partial charge in [-0.05, 0) is 37.3 Å². The Morgan fingerprint density at radius 2 is 1.93 bits per heavy atom. The summed E-state index contributed by atoms with van der Waals surface area (Å²) in [6.45, 7) is 4.94. The van der Waals surface area contributed by atoms with Crippen LogP contribution in [0, 0.1) is 5.92 Å². The number of fused-ring (bicyclic) bond motifs is 1. The van der Waals surface area contributed by atoms with Gasteiger partial charge in [0.15, 0.2) is 0 Å². The first-order valence-corrected chi connectivity index (χ1v) is 9.52. The number of halogens is 3. The van der Waals surface area contributed by atoms with Crippen LogP contribution in [0.3, 0.4) is 0 Å². The molecule has 29 heavy (non-hydrogen) atoms. The molecule has 2 fully saturated rings. The van der Waals surface area contributed by atoms with Crippen LogP contribution in [0.15, 0.2) is 36.7 Å². The number of carbonyl (C=O) groups excluding carboxylic acids is 1. The number of hydrogen-bond donors (Lipinski definition) is 2. The van der Waals surface area contributed by atoms with Crippen molar-refractivity contribution in [3.05, 3.63) is 42.2 Å². The van der Waals surface area contributed by atoms with Gasteiger partial charge in [-0.15, -0.1) is 0 Å². The summed E-state index contributed by atoms with van der Waals surface area (Å²) >= 11 is 0. The van der Waals surface area contributed by atoms with Gasteiger partial charge in [-0.25, -0.2) is 0 Å². The Balaban J connectivity index is 1.61. The lowest BCUT2D eigenvalue weighted by Gasteiger charge is -2.36. The quantitative estimate of drug-likeness (QED) is 0.764. The molecule has 4 rings (SSSR count). The minimum atomic E-state index is -4.52. The molecule has 1 aliphatic heterocycles. The van der Waals surface area contributed by atoms with E-state index in [4.69, 9.17) is 5.73 Å². The standard InChI is InChI=1S/C20H22F3N5O/c1-11-8-13(27-19(29)16(24)12-2-3-12)10-28(9-11)15-5-4-14(20(21,22)23)17-18(15)26-7-6-25-17/h4-7,12-13,16H,1-3,8-10,24H2,(H,27,29)/t13-,16?/m1/s1. The molecule has 1 aliphatic carbocycles. The Labute approximate surface area is 166 Å². The molecule has 3 N–H and O–H groups in total. The molecule has 0 radical (unpaired) electrons. The summed E-state index contributed by atoms with van der Waals surface area (Å²) in [5.74, 6) is 0.0521. The van der Waals surface area contributed by atoms with Gasteiger partial charge in [0.1, 0.15) is 11.0 Å². The first-order chi connectivity index (χ1) is 13.7. The summed E-state index contributed by atoms with van der Waals surface area (Å²) in [6.07, 6.45) is 0.637. The highest BCUT2D eigenvalue weighted by Crippen LogP contribution is 2.37. The summed E-state index contributed by atoms with van der Waals surface area (Å²) in [7, 11) is 0. The van der Waals surface area contributed by atoms with E-state index in [1.54, 1.807) is 0 Å². The molecule has 2 atom stereocenters. The van der Waals surface area contributed by atoms with Crippen molar-refractivity contribution in [2.45, 2.75) is 37.5 Å². The van der Waals surface area contributed by atoms with Crippen molar-refractivity contribution in [1.29, 1.82) is 0 Å². The Kier molecular flexibility index (Phi) is 4.94. The largest absolute Gasteiger partial charge is 0.418 e. The van der Waals surface area contributed by atoms with Crippen molar-refractivity contribution in [2.75, 3.05) is 18.0 Å². The van der Waals surface area contributed by atoms with Crippen LogP contribution in [0.4, 0.5) is 18.9 Å².